The van der Waals surface area contributed by atoms with Crippen molar-refractivity contribution in [3.8, 4) is 0 Å². The molecule has 1 N–H and O–H groups in total. The van der Waals surface area contributed by atoms with Gasteiger partial charge in [-0.15, -0.1) is 0 Å². The second kappa shape index (κ2) is 3.59. The fourth-order valence-corrected chi connectivity index (χ4v) is 2.25. The Morgan fingerprint density at radius 1 is 0.824 bits per heavy atom. The Hall–Kier alpha value is -2.35. The summed E-state index contributed by atoms with van der Waals surface area (Å²) in [6.45, 7) is 0. The summed E-state index contributed by atoms with van der Waals surface area (Å²) < 4.78 is 0. The number of hydrogen-bond donors (Lipinski definition) is 0. The van der Waals surface area contributed by atoms with Crippen molar-refractivity contribution in [2.24, 2.45) is 0 Å². The number of carbonyl (C=O) groups excluding carboxylic acids is 1. The van der Waals surface area contributed by atoms with Crippen LogP contribution in [0.1, 0.15) is 10.4 Å². The first-order valence-electron chi connectivity index (χ1n) is 5.44. The van der Waals surface area contributed by atoms with E-state index in [2.05, 4.69) is 0 Å². The third-order valence-electron chi connectivity index (χ3n) is 3.01. The molecular formula is C15H10NO. The Morgan fingerprint density at radius 3 is 2.35 bits per heavy atom. The maximum Gasteiger partial charge on any atom is 0.270 e. The summed E-state index contributed by atoms with van der Waals surface area (Å²) in [5.74, 6) is -0.632. The monoisotopic (exact) mass is 220 g/mol. The third-order valence-corrected chi connectivity index (χ3v) is 3.01. The van der Waals surface area contributed by atoms with Gasteiger partial charge in [0.2, 0.25) is 0 Å². The predicted octanol–water partition coefficient (Wildman–Crippen LogP) is 3.42. The predicted molar refractivity (Wildman–Crippen MR) is 68.9 cm³/mol. The first-order valence-corrected chi connectivity index (χ1v) is 5.44. The van der Waals surface area contributed by atoms with Gasteiger partial charge in [0.25, 0.3) is 5.91 Å². The number of rotatable bonds is 1. The van der Waals surface area contributed by atoms with E-state index in [-0.39, 0.29) is 0 Å². The second-order valence-corrected chi connectivity index (χ2v) is 4.02. The number of nitrogens with one attached hydrogen (secondary N) is 1. The Balaban J connectivity index is 2.59. The molecule has 0 saturated heterocycles. The van der Waals surface area contributed by atoms with Crippen molar-refractivity contribution in [3.63, 3.8) is 0 Å². The van der Waals surface area contributed by atoms with Crippen LogP contribution in [0.5, 0.6) is 0 Å². The van der Waals surface area contributed by atoms with E-state index in [0.717, 1.165) is 21.5 Å². The normalized spacial score (nSPS) is 10.8. The Bertz CT molecular complexity index is 731. The molecule has 81 valence electrons. The first-order chi connectivity index (χ1) is 8.27. The van der Waals surface area contributed by atoms with Gasteiger partial charge in [0.05, 0.1) is 0 Å². The molecule has 0 fully saturated rings. The van der Waals surface area contributed by atoms with Gasteiger partial charge in [0.15, 0.2) is 0 Å². The number of benzene rings is 3. The molecule has 0 aliphatic rings. The van der Waals surface area contributed by atoms with Gasteiger partial charge in [-0.2, -0.15) is 0 Å². The lowest BCUT2D eigenvalue weighted by Gasteiger charge is -2.06. The molecule has 0 spiro atoms. The van der Waals surface area contributed by atoms with E-state index < -0.39 is 5.91 Å². The average Bonchev–Trinajstić information content (AvgIpc) is 2.37. The van der Waals surface area contributed by atoms with Gasteiger partial charge in [-0.1, -0.05) is 48.5 Å². The van der Waals surface area contributed by atoms with E-state index >= 15 is 0 Å². The zero-order chi connectivity index (χ0) is 11.8. The average molecular weight is 220 g/mol. The second-order valence-electron chi connectivity index (χ2n) is 4.02. The lowest BCUT2D eigenvalue weighted by Crippen LogP contribution is -1.99. The number of carbonyl (C=O) groups is 1. The highest BCUT2D eigenvalue weighted by molar-refractivity contribution is 6.17. The molecule has 0 heterocycles. The lowest BCUT2D eigenvalue weighted by molar-refractivity contribution is 0.0993. The van der Waals surface area contributed by atoms with Crippen LogP contribution in [0.15, 0.2) is 54.6 Å². The van der Waals surface area contributed by atoms with E-state index in [4.69, 9.17) is 5.73 Å². The van der Waals surface area contributed by atoms with Gasteiger partial charge in [0.1, 0.15) is 0 Å². The fraction of sp³-hybridized carbons (Fsp3) is 0. The maximum absolute atomic E-state index is 11.4. The Kier molecular flexibility index (Phi) is 2.08. The SMILES string of the molecule is [NH]C(=O)c1cccc2ccc3ccccc3c12. The minimum Gasteiger partial charge on any atom is -0.267 e. The van der Waals surface area contributed by atoms with Gasteiger partial charge in [-0.05, 0) is 22.2 Å². The van der Waals surface area contributed by atoms with Crippen LogP contribution in [0, 0.1) is 0 Å². The summed E-state index contributed by atoms with van der Waals surface area (Å²) >= 11 is 0. The van der Waals surface area contributed by atoms with Crippen molar-refractivity contribution in [2.75, 3.05) is 0 Å². The molecule has 3 aromatic carbocycles. The smallest absolute Gasteiger partial charge is 0.267 e. The first kappa shape index (κ1) is 9.85. The van der Waals surface area contributed by atoms with Crippen molar-refractivity contribution in [1.82, 2.24) is 5.73 Å². The quantitative estimate of drug-likeness (QED) is 0.579. The van der Waals surface area contributed by atoms with Crippen LogP contribution in [0.25, 0.3) is 21.5 Å². The molecule has 0 aliphatic heterocycles. The summed E-state index contributed by atoms with van der Waals surface area (Å²) in [7, 11) is 0. The van der Waals surface area contributed by atoms with Crippen LogP contribution in [-0.2, 0) is 0 Å². The van der Waals surface area contributed by atoms with E-state index in [1.807, 2.05) is 48.5 Å². The van der Waals surface area contributed by atoms with Gasteiger partial charge in [0, 0.05) is 10.9 Å². The van der Waals surface area contributed by atoms with Crippen LogP contribution < -0.4 is 5.73 Å². The molecule has 0 unspecified atom stereocenters. The van der Waals surface area contributed by atoms with Crippen molar-refractivity contribution in [3.05, 3.63) is 60.2 Å². The fourth-order valence-electron chi connectivity index (χ4n) is 2.25. The highest BCUT2D eigenvalue weighted by Gasteiger charge is 2.09. The number of hydrogen-bond acceptors (Lipinski definition) is 1. The third kappa shape index (κ3) is 1.46. The largest absolute Gasteiger partial charge is 0.270 e. The van der Waals surface area contributed by atoms with Crippen molar-refractivity contribution < 1.29 is 4.79 Å². The highest BCUT2D eigenvalue weighted by atomic mass is 16.1. The van der Waals surface area contributed by atoms with E-state index in [1.165, 1.54) is 0 Å². The van der Waals surface area contributed by atoms with Crippen LogP contribution in [0.2, 0.25) is 0 Å². The molecule has 3 rings (SSSR count). The lowest BCUT2D eigenvalue weighted by atomic mass is 9.97. The maximum atomic E-state index is 11.4. The van der Waals surface area contributed by atoms with Crippen molar-refractivity contribution in [2.45, 2.75) is 0 Å². The molecule has 0 aliphatic carbocycles. The van der Waals surface area contributed by atoms with Crippen LogP contribution >= 0.6 is 0 Å². The molecule has 1 radical (unpaired) electrons. The van der Waals surface area contributed by atoms with Gasteiger partial charge >= 0.3 is 0 Å². The molecule has 17 heavy (non-hydrogen) atoms. The molecule has 2 nitrogen and oxygen atoms in total. The van der Waals surface area contributed by atoms with Gasteiger partial charge in [-0.25, -0.2) is 0 Å². The minimum absolute atomic E-state index is 0.472. The molecule has 0 aromatic heterocycles. The summed E-state index contributed by atoms with van der Waals surface area (Å²) in [4.78, 5) is 11.4. The Labute approximate surface area is 98.7 Å². The van der Waals surface area contributed by atoms with E-state index in [1.54, 1.807) is 6.07 Å². The molecule has 0 saturated carbocycles. The van der Waals surface area contributed by atoms with Crippen molar-refractivity contribution >= 4 is 27.5 Å². The Morgan fingerprint density at radius 2 is 1.53 bits per heavy atom. The molecule has 2 heteroatoms. The molecule has 3 aromatic rings. The van der Waals surface area contributed by atoms with Crippen LogP contribution in [0.4, 0.5) is 0 Å². The molecule has 0 bridgehead atoms. The summed E-state index contributed by atoms with van der Waals surface area (Å²) in [6.07, 6.45) is 0. The van der Waals surface area contributed by atoms with Crippen LogP contribution in [0.3, 0.4) is 0 Å². The summed E-state index contributed by atoms with van der Waals surface area (Å²) in [6, 6.07) is 17.5. The zero-order valence-corrected chi connectivity index (χ0v) is 9.10. The molecule has 0 atom stereocenters. The number of fused-ring (bicyclic) bond motifs is 3. The van der Waals surface area contributed by atoms with Gasteiger partial charge in [-0.3, -0.25) is 10.5 Å². The summed E-state index contributed by atoms with van der Waals surface area (Å²) in [5, 5.41) is 4.00. The molecule has 1 amide bonds. The molecular weight excluding hydrogens is 210 g/mol. The highest BCUT2D eigenvalue weighted by Crippen LogP contribution is 2.28. The van der Waals surface area contributed by atoms with E-state index in [9.17, 15) is 4.79 Å². The van der Waals surface area contributed by atoms with Gasteiger partial charge < -0.3 is 0 Å². The summed E-state index contributed by atoms with van der Waals surface area (Å²) in [5.41, 5.74) is 7.81. The van der Waals surface area contributed by atoms with Crippen molar-refractivity contribution in [1.29, 1.82) is 0 Å². The topological polar surface area (TPSA) is 40.9 Å². The van der Waals surface area contributed by atoms with E-state index in [0.29, 0.717) is 5.56 Å². The zero-order valence-electron chi connectivity index (χ0n) is 9.10. The van der Waals surface area contributed by atoms with Crippen LogP contribution in [-0.4, -0.2) is 5.91 Å². The minimum atomic E-state index is -0.632. The standard InChI is InChI=1S/C15H10NO/c16-15(17)13-7-3-5-11-9-8-10-4-1-2-6-12(10)14(11)13/h1-9,16H. The number of amides is 1.